The fourth-order valence-corrected chi connectivity index (χ4v) is 0.905. The van der Waals surface area contributed by atoms with Crippen molar-refractivity contribution >= 4 is 5.69 Å². The number of non-ortho nitro benzene ring substituents is 1. The van der Waals surface area contributed by atoms with E-state index in [-0.39, 0.29) is 17.8 Å². The number of nitro benzene ring substituents is 1. The highest BCUT2D eigenvalue weighted by atomic mass is 19.1. The quantitative estimate of drug-likeness (QED) is 0.412. The van der Waals surface area contributed by atoms with E-state index in [2.05, 4.69) is 11.8 Å². The van der Waals surface area contributed by atoms with Gasteiger partial charge in [0.15, 0.2) is 0 Å². The second-order valence-electron chi connectivity index (χ2n) is 2.46. The van der Waals surface area contributed by atoms with Crippen molar-refractivity contribution in [2.45, 2.75) is 0 Å². The third-order valence-corrected chi connectivity index (χ3v) is 1.43. The molecule has 0 radical (unpaired) electrons. The number of nitrogens with two attached hydrogens (primary N) is 1. The predicted octanol–water partition coefficient (Wildman–Crippen LogP) is 1.04. The van der Waals surface area contributed by atoms with Gasteiger partial charge >= 0.3 is 0 Å². The largest absolute Gasteiger partial charge is 0.320 e. The van der Waals surface area contributed by atoms with Crippen molar-refractivity contribution in [2.24, 2.45) is 5.73 Å². The zero-order valence-corrected chi connectivity index (χ0v) is 7.16. The topological polar surface area (TPSA) is 69.2 Å². The molecular formula is C9H7FN2O2. The van der Waals surface area contributed by atoms with Gasteiger partial charge in [-0.15, -0.1) is 0 Å². The molecule has 0 aliphatic carbocycles. The van der Waals surface area contributed by atoms with Crippen molar-refractivity contribution in [2.75, 3.05) is 6.54 Å². The molecule has 1 rings (SSSR count). The summed E-state index contributed by atoms with van der Waals surface area (Å²) < 4.78 is 12.8. The first kappa shape index (κ1) is 10.2. The standard InChI is InChI=1S/C9H7FN2O2/c10-8-4-7(2-1-3-11)5-9(6-8)12(13)14/h4-6H,3,11H2. The van der Waals surface area contributed by atoms with Crippen LogP contribution in [0.3, 0.4) is 0 Å². The fourth-order valence-electron chi connectivity index (χ4n) is 0.905. The number of hydrogen-bond donors (Lipinski definition) is 1. The molecule has 0 fully saturated rings. The second-order valence-corrected chi connectivity index (χ2v) is 2.46. The van der Waals surface area contributed by atoms with E-state index >= 15 is 0 Å². The van der Waals surface area contributed by atoms with Gasteiger partial charge in [-0.05, 0) is 6.07 Å². The Morgan fingerprint density at radius 2 is 2.21 bits per heavy atom. The van der Waals surface area contributed by atoms with Gasteiger partial charge in [-0.2, -0.15) is 0 Å². The monoisotopic (exact) mass is 194 g/mol. The molecule has 0 amide bonds. The molecule has 4 nitrogen and oxygen atoms in total. The van der Waals surface area contributed by atoms with E-state index < -0.39 is 10.7 Å². The van der Waals surface area contributed by atoms with Gasteiger partial charge in [-0.3, -0.25) is 10.1 Å². The van der Waals surface area contributed by atoms with Gasteiger partial charge in [0, 0.05) is 11.6 Å². The molecular weight excluding hydrogens is 187 g/mol. The molecule has 2 N–H and O–H groups in total. The lowest BCUT2D eigenvalue weighted by Crippen LogP contribution is -1.94. The maximum Gasteiger partial charge on any atom is 0.273 e. The molecule has 0 aromatic heterocycles. The Bertz CT molecular complexity index is 421. The van der Waals surface area contributed by atoms with Gasteiger partial charge in [0.25, 0.3) is 5.69 Å². The van der Waals surface area contributed by atoms with Crippen LogP contribution in [-0.2, 0) is 0 Å². The van der Waals surface area contributed by atoms with Crippen LogP contribution >= 0.6 is 0 Å². The lowest BCUT2D eigenvalue weighted by molar-refractivity contribution is -0.385. The summed E-state index contributed by atoms with van der Waals surface area (Å²) in [4.78, 5) is 9.68. The van der Waals surface area contributed by atoms with Crippen LogP contribution in [0.2, 0.25) is 0 Å². The Morgan fingerprint density at radius 1 is 1.50 bits per heavy atom. The van der Waals surface area contributed by atoms with E-state index in [0.29, 0.717) is 0 Å². The Kier molecular flexibility index (Phi) is 3.15. The van der Waals surface area contributed by atoms with Gasteiger partial charge in [0.1, 0.15) is 5.82 Å². The smallest absolute Gasteiger partial charge is 0.273 e. The third kappa shape index (κ3) is 2.54. The molecule has 0 saturated heterocycles. The summed E-state index contributed by atoms with van der Waals surface area (Å²) in [5, 5.41) is 10.3. The van der Waals surface area contributed by atoms with Crippen LogP contribution in [-0.4, -0.2) is 11.5 Å². The van der Waals surface area contributed by atoms with Crippen LogP contribution in [0.4, 0.5) is 10.1 Å². The minimum atomic E-state index is -0.680. The first-order chi connectivity index (χ1) is 6.63. The molecule has 14 heavy (non-hydrogen) atoms. The average molecular weight is 194 g/mol. The third-order valence-electron chi connectivity index (χ3n) is 1.43. The van der Waals surface area contributed by atoms with Crippen molar-refractivity contribution in [1.82, 2.24) is 0 Å². The average Bonchev–Trinajstić information content (AvgIpc) is 2.14. The van der Waals surface area contributed by atoms with Crippen LogP contribution in [0.1, 0.15) is 5.56 Å². The van der Waals surface area contributed by atoms with Crippen molar-refractivity contribution in [3.8, 4) is 11.8 Å². The summed E-state index contributed by atoms with van der Waals surface area (Å²) in [6, 6.07) is 3.16. The lowest BCUT2D eigenvalue weighted by Gasteiger charge is -1.93. The van der Waals surface area contributed by atoms with Gasteiger partial charge in [0.2, 0.25) is 0 Å². The number of halogens is 1. The molecule has 0 atom stereocenters. The molecule has 0 saturated carbocycles. The van der Waals surface area contributed by atoms with Crippen molar-refractivity contribution < 1.29 is 9.31 Å². The SMILES string of the molecule is NCC#Cc1cc(F)cc([N+](=O)[O-])c1. The zero-order valence-electron chi connectivity index (χ0n) is 7.16. The molecule has 0 spiro atoms. The maximum absolute atomic E-state index is 12.8. The van der Waals surface area contributed by atoms with Crippen LogP contribution < -0.4 is 5.73 Å². The summed E-state index contributed by atoms with van der Waals surface area (Å²) in [6.07, 6.45) is 0. The highest BCUT2D eigenvalue weighted by Gasteiger charge is 2.08. The zero-order chi connectivity index (χ0) is 10.6. The number of benzene rings is 1. The Balaban J connectivity index is 3.13. The summed E-state index contributed by atoms with van der Waals surface area (Å²) in [6.45, 7) is 0.129. The highest BCUT2D eigenvalue weighted by molar-refractivity contribution is 5.43. The van der Waals surface area contributed by atoms with E-state index in [0.717, 1.165) is 12.1 Å². The Labute approximate surface area is 79.7 Å². The van der Waals surface area contributed by atoms with Crippen LogP contribution in [0.5, 0.6) is 0 Å². The minimum Gasteiger partial charge on any atom is -0.320 e. The lowest BCUT2D eigenvalue weighted by atomic mass is 10.2. The number of hydrogen-bond acceptors (Lipinski definition) is 3. The van der Waals surface area contributed by atoms with Crippen LogP contribution in [0.25, 0.3) is 0 Å². The first-order valence-electron chi connectivity index (χ1n) is 3.77. The molecule has 72 valence electrons. The van der Waals surface area contributed by atoms with Crippen LogP contribution in [0.15, 0.2) is 18.2 Å². The van der Waals surface area contributed by atoms with E-state index in [1.54, 1.807) is 0 Å². The van der Waals surface area contributed by atoms with E-state index in [9.17, 15) is 14.5 Å². The molecule has 0 aliphatic rings. The van der Waals surface area contributed by atoms with Gasteiger partial charge in [-0.1, -0.05) is 11.8 Å². The van der Waals surface area contributed by atoms with Gasteiger partial charge < -0.3 is 5.73 Å². The summed E-state index contributed by atoms with van der Waals surface area (Å²) >= 11 is 0. The Hall–Kier alpha value is -1.93. The highest BCUT2D eigenvalue weighted by Crippen LogP contribution is 2.15. The van der Waals surface area contributed by atoms with Crippen molar-refractivity contribution in [1.29, 1.82) is 0 Å². The van der Waals surface area contributed by atoms with Crippen molar-refractivity contribution in [3.05, 3.63) is 39.7 Å². The second kappa shape index (κ2) is 4.35. The van der Waals surface area contributed by atoms with E-state index in [1.165, 1.54) is 6.07 Å². The van der Waals surface area contributed by atoms with E-state index in [4.69, 9.17) is 5.73 Å². The summed E-state index contributed by atoms with van der Waals surface area (Å²) in [5.74, 6) is 4.33. The fraction of sp³-hybridized carbons (Fsp3) is 0.111. The molecule has 0 heterocycles. The van der Waals surface area contributed by atoms with Gasteiger partial charge in [-0.25, -0.2) is 4.39 Å². The minimum absolute atomic E-state index is 0.129. The number of nitrogens with zero attached hydrogens (tertiary/aromatic N) is 1. The molecule has 5 heteroatoms. The predicted molar refractivity (Wildman–Crippen MR) is 49.0 cm³/mol. The summed E-state index contributed by atoms with van der Waals surface area (Å²) in [7, 11) is 0. The molecule has 1 aromatic rings. The molecule has 0 bridgehead atoms. The summed E-state index contributed by atoms with van der Waals surface area (Å²) in [5.41, 5.74) is 5.05. The molecule has 1 aromatic carbocycles. The normalized spacial score (nSPS) is 9.00. The molecule has 0 unspecified atom stereocenters. The number of rotatable bonds is 1. The number of nitro groups is 1. The van der Waals surface area contributed by atoms with Gasteiger partial charge in [0.05, 0.1) is 17.5 Å². The van der Waals surface area contributed by atoms with E-state index in [1.807, 2.05) is 0 Å². The first-order valence-corrected chi connectivity index (χ1v) is 3.77. The van der Waals surface area contributed by atoms with Crippen LogP contribution in [0, 0.1) is 27.8 Å². The Morgan fingerprint density at radius 3 is 2.79 bits per heavy atom. The molecule has 0 aliphatic heterocycles. The van der Waals surface area contributed by atoms with Crippen molar-refractivity contribution in [3.63, 3.8) is 0 Å². The maximum atomic E-state index is 12.8.